The van der Waals surface area contributed by atoms with Crippen molar-refractivity contribution in [3.8, 4) is 0 Å². The molecular weight excluding hydrogens is 266 g/mol. The lowest BCUT2D eigenvalue weighted by molar-refractivity contribution is 0.187. The minimum atomic E-state index is 0.470. The van der Waals surface area contributed by atoms with Crippen molar-refractivity contribution in [2.45, 2.75) is 44.1 Å². The fourth-order valence-corrected chi connectivity index (χ4v) is 3.18. The summed E-state index contributed by atoms with van der Waals surface area (Å²) in [4.78, 5) is 6.74. The largest absolute Gasteiger partial charge is 0.449 e. The number of oxazole rings is 1. The number of hydrogen-bond acceptors (Lipinski definition) is 5. The molecule has 2 aromatic rings. The van der Waals surface area contributed by atoms with E-state index in [4.69, 9.17) is 4.42 Å². The Labute approximate surface area is 124 Å². The fraction of sp³-hybridized carbons (Fsp3) is 0.667. The smallest absolute Gasteiger partial charge is 0.197 e. The summed E-state index contributed by atoms with van der Waals surface area (Å²) >= 11 is 0. The quantitative estimate of drug-likeness (QED) is 0.861. The van der Waals surface area contributed by atoms with Crippen molar-refractivity contribution < 1.29 is 4.42 Å². The third-order valence-corrected chi connectivity index (χ3v) is 4.69. The van der Waals surface area contributed by atoms with E-state index >= 15 is 0 Å². The maximum absolute atomic E-state index is 5.43. The Morgan fingerprint density at radius 3 is 2.62 bits per heavy atom. The molecule has 1 saturated heterocycles. The van der Waals surface area contributed by atoms with Crippen LogP contribution in [0, 0.1) is 0 Å². The van der Waals surface area contributed by atoms with Gasteiger partial charge in [-0.3, -0.25) is 4.90 Å². The predicted molar refractivity (Wildman–Crippen MR) is 76.7 cm³/mol. The first kappa shape index (κ1) is 13.0. The van der Waals surface area contributed by atoms with Crippen LogP contribution < -0.4 is 0 Å². The summed E-state index contributed by atoms with van der Waals surface area (Å²) in [5.74, 6) is 4.28. The maximum Gasteiger partial charge on any atom is 0.197 e. The molecule has 112 valence electrons. The first-order valence-electron chi connectivity index (χ1n) is 7.81. The molecule has 0 radical (unpaired) electrons. The lowest BCUT2D eigenvalue weighted by Gasteiger charge is -2.30. The van der Waals surface area contributed by atoms with E-state index in [-0.39, 0.29) is 0 Å². The monoisotopic (exact) mass is 287 g/mol. The summed E-state index contributed by atoms with van der Waals surface area (Å²) in [5, 5.41) is 8.74. The number of rotatable bonds is 4. The molecule has 0 atom stereocenters. The van der Waals surface area contributed by atoms with Crippen LogP contribution >= 0.6 is 0 Å². The van der Waals surface area contributed by atoms with E-state index in [1.54, 1.807) is 12.5 Å². The molecule has 2 aromatic heterocycles. The van der Waals surface area contributed by atoms with Gasteiger partial charge in [0.05, 0.1) is 12.7 Å². The molecular formula is C15H21N5O. The van der Waals surface area contributed by atoms with Gasteiger partial charge in [0.25, 0.3) is 0 Å². The Kier molecular flexibility index (Phi) is 3.25. The Bertz CT molecular complexity index is 594. The van der Waals surface area contributed by atoms with Crippen LogP contribution in [0.25, 0.3) is 0 Å². The molecule has 0 spiro atoms. The van der Waals surface area contributed by atoms with Crippen LogP contribution in [0.2, 0.25) is 0 Å². The summed E-state index contributed by atoms with van der Waals surface area (Å²) in [5.41, 5.74) is 0. The number of nitrogens with zero attached hydrogens (tertiary/aromatic N) is 5. The van der Waals surface area contributed by atoms with Crippen LogP contribution in [0.15, 0.2) is 16.9 Å². The van der Waals surface area contributed by atoms with Gasteiger partial charge in [-0.25, -0.2) is 4.98 Å². The highest BCUT2D eigenvalue weighted by Crippen LogP contribution is 2.38. The van der Waals surface area contributed by atoms with Gasteiger partial charge in [0.2, 0.25) is 0 Å². The lowest BCUT2D eigenvalue weighted by Crippen LogP contribution is -2.33. The Balaban J connectivity index is 1.36. The molecule has 6 nitrogen and oxygen atoms in total. The molecule has 1 saturated carbocycles. The van der Waals surface area contributed by atoms with Gasteiger partial charge in [0, 0.05) is 18.9 Å². The molecule has 0 amide bonds. The molecule has 1 aliphatic heterocycles. The van der Waals surface area contributed by atoms with E-state index in [1.165, 1.54) is 18.7 Å². The van der Waals surface area contributed by atoms with E-state index in [2.05, 4.69) is 31.7 Å². The van der Waals surface area contributed by atoms with Crippen LogP contribution in [0.4, 0.5) is 0 Å². The predicted octanol–water partition coefficient (Wildman–Crippen LogP) is 2.06. The molecule has 1 aliphatic carbocycles. The average Bonchev–Trinajstić information content (AvgIpc) is 3.07. The van der Waals surface area contributed by atoms with Gasteiger partial charge in [-0.2, -0.15) is 0 Å². The van der Waals surface area contributed by atoms with Crippen molar-refractivity contribution >= 4 is 0 Å². The third kappa shape index (κ3) is 2.60. The molecule has 21 heavy (non-hydrogen) atoms. The minimum absolute atomic E-state index is 0.470. The van der Waals surface area contributed by atoms with Gasteiger partial charge in [0.1, 0.15) is 17.9 Å². The van der Waals surface area contributed by atoms with E-state index in [9.17, 15) is 0 Å². The van der Waals surface area contributed by atoms with Gasteiger partial charge in [-0.05, 0) is 38.8 Å². The third-order valence-electron chi connectivity index (χ3n) is 4.69. The van der Waals surface area contributed by atoms with Crippen molar-refractivity contribution in [3.05, 3.63) is 30.0 Å². The van der Waals surface area contributed by atoms with Gasteiger partial charge >= 0.3 is 0 Å². The van der Waals surface area contributed by atoms with Gasteiger partial charge in [-0.1, -0.05) is 0 Å². The number of likely N-dealkylation sites (tertiary alicyclic amines) is 1. The van der Waals surface area contributed by atoms with Gasteiger partial charge in [0.15, 0.2) is 5.89 Å². The number of hydrogen-bond donors (Lipinski definition) is 0. The van der Waals surface area contributed by atoms with Crippen LogP contribution in [0.5, 0.6) is 0 Å². The molecule has 3 heterocycles. The normalized spacial score (nSPS) is 21.0. The first-order chi connectivity index (χ1) is 10.3. The zero-order valence-electron chi connectivity index (χ0n) is 12.4. The van der Waals surface area contributed by atoms with Crippen LogP contribution in [-0.4, -0.2) is 37.7 Å². The molecule has 4 rings (SSSR count). The van der Waals surface area contributed by atoms with Crippen molar-refractivity contribution in [2.24, 2.45) is 7.05 Å². The van der Waals surface area contributed by atoms with Crippen LogP contribution in [0.1, 0.15) is 55.1 Å². The Morgan fingerprint density at radius 1 is 1.14 bits per heavy atom. The summed E-state index contributed by atoms with van der Waals surface area (Å²) in [7, 11) is 2.10. The Hall–Kier alpha value is -1.69. The standard InChI is InChI=1S/C15H21N5O/c1-19-13(17-18-14(19)11-2-3-11)10-20-7-4-12(5-8-20)15-16-6-9-21-15/h6,9,11-12H,2-5,7-8,10H2,1H3. The van der Waals surface area contributed by atoms with E-state index < -0.39 is 0 Å². The topological polar surface area (TPSA) is 60.0 Å². The van der Waals surface area contributed by atoms with Crippen LogP contribution in [-0.2, 0) is 13.6 Å². The minimum Gasteiger partial charge on any atom is -0.449 e. The molecule has 0 unspecified atom stereocenters. The van der Waals surface area contributed by atoms with Crippen molar-refractivity contribution in [1.82, 2.24) is 24.6 Å². The second-order valence-corrected chi connectivity index (χ2v) is 6.23. The number of piperidine rings is 1. The Morgan fingerprint density at radius 2 is 1.95 bits per heavy atom. The molecule has 6 heteroatoms. The van der Waals surface area contributed by atoms with Crippen molar-refractivity contribution in [3.63, 3.8) is 0 Å². The van der Waals surface area contributed by atoms with Gasteiger partial charge in [-0.15, -0.1) is 10.2 Å². The van der Waals surface area contributed by atoms with Gasteiger partial charge < -0.3 is 8.98 Å². The van der Waals surface area contributed by atoms with E-state index in [1.807, 2.05) is 0 Å². The summed E-state index contributed by atoms with van der Waals surface area (Å²) in [6.07, 6.45) is 8.16. The first-order valence-corrected chi connectivity index (χ1v) is 7.81. The summed E-state index contributed by atoms with van der Waals surface area (Å²) in [6, 6.07) is 0. The molecule has 2 fully saturated rings. The van der Waals surface area contributed by atoms with Crippen molar-refractivity contribution in [2.75, 3.05) is 13.1 Å². The zero-order valence-corrected chi connectivity index (χ0v) is 12.4. The lowest BCUT2D eigenvalue weighted by atomic mass is 9.97. The molecule has 0 N–H and O–H groups in total. The highest BCUT2D eigenvalue weighted by atomic mass is 16.3. The SMILES string of the molecule is Cn1c(CN2CCC(c3ncco3)CC2)nnc1C1CC1. The number of aromatic nitrogens is 4. The summed E-state index contributed by atoms with van der Waals surface area (Å²) in [6.45, 7) is 3.03. The van der Waals surface area contributed by atoms with E-state index in [0.717, 1.165) is 44.2 Å². The van der Waals surface area contributed by atoms with E-state index in [0.29, 0.717) is 11.8 Å². The zero-order chi connectivity index (χ0) is 14.2. The highest BCUT2D eigenvalue weighted by Gasteiger charge is 2.30. The molecule has 0 aromatic carbocycles. The van der Waals surface area contributed by atoms with Crippen LogP contribution in [0.3, 0.4) is 0 Å². The molecule has 2 aliphatic rings. The highest BCUT2D eigenvalue weighted by molar-refractivity contribution is 5.08. The van der Waals surface area contributed by atoms with Crippen molar-refractivity contribution in [1.29, 1.82) is 0 Å². The second kappa shape index (κ2) is 5.26. The average molecular weight is 287 g/mol. The summed E-state index contributed by atoms with van der Waals surface area (Å²) < 4.78 is 7.62. The fourth-order valence-electron chi connectivity index (χ4n) is 3.18. The second-order valence-electron chi connectivity index (χ2n) is 6.23. The molecule has 0 bridgehead atoms. The maximum atomic E-state index is 5.43.